The summed E-state index contributed by atoms with van der Waals surface area (Å²) in [6, 6.07) is 17.3. The van der Waals surface area contributed by atoms with Gasteiger partial charge < -0.3 is 9.73 Å². The van der Waals surface area contributed by atoms with Crippen LogP contribution in [0.1, 0.15) is 23.0 Å². The molecule has 0 unspecified atom stereocenters. The summed E-state index contributed by atoms with van der Waals surface area (Å²) in [6.07, 6.45) is 1.38. The number of nitrogens with zero attached hydrogens (tertiary/aromatic N) is 1. The first-order valence-corrected chi connectivity index (χ1v) is 8.44. The van der Waals surface area contributed by atoms with Crippen molar-refractivity contribution in [1.29, 1.82) is 0 Å². The van der Waals surface area contributed by atoms with E-state index in [2.05, 4.69) is 10.3 Å². The Hall–Kier alpha value is -3.54. The van der Waals surface area contributed by atoms with Gasteiger partial charge in [0.15, 0.2) is 12.2 Å². The number of benzene rings is 2. The molecule has 0 bridgehead atoms. The van der Waals surface area contributed by atoms with E-state index >= 15 is 0 Å². The van der Waals surface area contributed by atoms with Gasteiger partial charge in [0.1, 0.15) is 5.69 Å². The number of amides is 1. The van der Waals surface area contributed by atoms with Crippen LogP contribution < -0.4 is 5.32 Å². The Balaban J connectivity index is 1.84. The zero-order valence-corrected chi connectivity index (χ0v) is 14.7. The largest absolute Gasteiger partial charge is 0.438 e. The van der Waals surface area contributed by atoms with Crippen LogP contribution in [-0.4, -0.2) is 28.5 Å². The number of rotatable bonds is 7. The van der Waals surface area contributed by atoms with Crippen LogP contribution in [0, 0.1) is 0 Å². The maximum absolute atomic E-state index is 12.7. The van der Waals surface area contributed by atoms with Crippen LogP contribution in [0.2, 0.25) is 0 Å². The SMILES string of the molecule is CC(=O)C(=O)[C@H](Cc1ccccc1)NC(=O)c1ocnc1-c1ccccc1. The Labute approximate surface area is 156 Å². The number of nitrogens with one attached hydrogen (secondary N) is 1. The summed E-state index contributed by atoms with van der Waals surface area (Å²) in [5, 5.41) is 2.62. The highest BCUT2D eigenvalue weighted by Gasteiger charge is 2.27. The summed E-state index contributed by atoms with van der Waals surface area (Å²) in [4.78, 5) is 40.7. The molecule has 6 heteroatoms. The van der Waals surface area contributed by atoms with Crippen LogP contribution in [0.15, 0.2) is 71.5 Å². The summed E-state index contributed by atoms with van der Waals surface area (Å²) in [7, 11) is 0. The lowest BCUT2D eigenvalue weighted by Crippen LogP contribution is -2.44. The van der Waals surface area contributed by atoms with Crippen molar-refractivity contribution in [3.8, 4) is 11.3 Å². The highest BCUT2D eigenvalue weighted by molar-refractivity contribution is 6.38. The number of oxazole rings is 1. The number of hydrogen-bond acceptors (Lipinski definition) is 5. The molecule has 0 saturated heterocycles. The second-order valence-electron chi connectivity index (χ2n) is 6.03. The van der Waals surface area contributed by atoms with Gasteiger partial charge in [0, 0.05) is 18.9 Å². The van der Waals surface area contributed by atoms with Gasteiger partial charge in [-0.1, -0.05) is 60.7 Å². The summed E-state index contributed by atoms with van der Waals surface area (Å²) in [6.45, 7) is 1.19. The fourth-order valence-corrected chi connectivity index (χ4v) is 2.74. The molecular weight excluding hydrogens is 344 g/mol. The maximum atomic E-state index is 12.7. The molecule has 6 nitrogen and oxygen atoms in total. The van der Waals surface area contributed by atoms with E-state index in [-0.39, 0.29) is 12.2 Å². The minimum Gasteiger partial charge on any atom is -0.438 e. The van der Waals surface area contributed by atoms with Crippen LogP contribution in [0.3, 0.4) is 0 Å². The maximum Gasteiger partial charge on any atom is 0.289 e. The fraction of sp³-hybridized carbons (Fsp3) is 0.143. The lowest BCUT2D eigenvalue weighted by molar-refractivity contribution is -0.136. The summed E-state index contributed by atoms with van der Waals surface area (Å²) in [5.74, 6) is -1.87. The third-order valence-electron chi connectivity index (χ3n) is 4.07. The molecule has 1 aromatic heterocycles. The molecule has 0 saturated carbocycles. The van der Waals surface area contributed by atoms with E-state index in [1.54, 1.807) is 12.1 Å². The van der Waals surface area contributed by atoms with Crippen LogP contribution in [0.5, 0.6) is 0 Å². The molecule has 0 aliphatic heterocycles. The molecule has 0 aliphatic rings. The Morgan fingerprint density at radius 3 is 2.26 bits per heavy atom. The number of Topliss-reactive ketones (excluding diaryl/α,β-unsaturated/α-hetero) is 2. The van der Waals surface area contributed by atoms with E-state index in [1.807, 2.05) is 48.5 Å². The molecule has 1 amide bonds. The fourth-order valence-electron chi connectivity index (χ4n) is 2.74. The van der Waals surface area contributed by atoms with Crippen LogP contribution in [0.25, 0.3) is 11.3 Å². The molecule has 0 fully saturated rings. The monoisotopic (exact) mass is 362 g/mol. The van der Waals surface area contributed by atoms with Crippen molar-refractivity contribution in [2.24, 2.45) is 0 Å². The van der Waals surface area contributed by atoms with Crippen molar-refractivity contribution >= 4 is 17.5 Å². The van der Waals surface area contributed by atoms with E-state index in [0.29, 0.717) is 11.3 Å². The van der Waals surface area contributed by atoms with Gasteiger partial charge in [-0.15, -0.1) is 0 Å². The van der Waals surface area contributed by atoms with Crippen molar-refractivity contribution in [3.63, 3.8) is 0 Å². The molecule has 1 atom stereocenters. The molecule has 136 valence electrons. The Kier molecular flexibility index (Phi) is 5.56. The Bertz CT molecular complexity index is 949. The lowest BCUT2D eigenvalue weighted by atomic mass is 10.00. The molecule has 0 aliphatic carbocycles. The Morgan fingerprint density at radius 2 is 1.63 bits per heavy atom. The number of carbonyl (C=O) groups excluding carboxylic acids is 3. The third-order valence-corrected chi connectivity index (χ3v) is 4.07. The zero-order chi connectivity index (χ0) is 19.2. The van der Waals surface area contributed by atoms with Gasteiger partial charge in [0.25, 0.3) is 5.91 Å². The van der Waals surface area contributed by atoms with Gasteiger partial charge in [-0.2, -0.15) is 0 Å². The number of aromatic nitrogens is 1. The number of ketones is 2. The molecule has 27 heavy (non-hydrogen) atoms. The topological polar surface area (TPSA) is 89.3 Å². The summed E-state index contributed by atoms with van der Waals surface area (Å²) >= 11 is 0. The highest BCUT2D eigenvalue weighted by Crippen LogP contribution is 2.22. The van der Waals surface area contributed by atoms with E-state index in [4.69, 9.17) is 4.42 Å². The third kappa shape index (κ3) is 4.36. The second kappa shape index (κ2) is 8.23. The molecule has 3 aromatic rings. The molecule has 0 radical (unpaired) electrons. The van der Waals surface area contributed by atoms with Crippen molar-refractivity contribution in [3.05, 3.63) is 78.4 Å². The van der Waals surface area contributed by atoms with Crippen molar-refractivity contribution in [2.75, 3.05) is 0 Å². The summed E-state index contributed by atoms with van der Waals surface area (Å²) < 4.78 is 5.25. The smallest absolute Gasteiger partial charge is 0.289 e. The first-order valence-electron chi connectivity index (χ1n) is 8.44. The lowest BCUT2D eigenvalue weighted by Gasteiger charge is -2.16. The average Bonchev–Trinajstić information content (AvgIpc) is 3.18. The van der Waals surface area contributed by atoms with Gasteiger partial charge in [0.2, 0.25) is 11.5 Å². The van der Waals surface area contributed by atoms with Gasteiger partial charge in [-0.05, 0) is 5.56 Å². The molecular formula is C21H18N2O4. The standard InChI is InChI=1S/C21H18N2O4/c1-14(24)19(25)17(12-15-8-4-2-5-9-15)23-21(26)20-18(22-13-27-20)16-10-6-3-7-11-16/h2-11,13,17H,12H2,1H3,(H,23,26)/t17-/m0/s1. The minimum atomic E-state index is -0.980. The van der Waals surface area contributed by atoms with Gasteiger partial charge in [0.05, 0.1) is 6.04 Å². The number of hydrogen-bond donors (Lipinski definition) is 1. The van der Waals surface area contributed by atoms with Crippen molar-refractivity contribution < 1.29 is 18.8 Å². The van der Waals surface area contributed by atoms with Gasteiger partial charge in [-0.3, -0.25) is 14.4 Å². The van der Waals surface area contributed by atoms with E-state index in [1.165, 1.54) is 13.3 Å². The molecule has 3 rings (SSSR count). The molecule has 1 N–H and O–H groups in total. The minimum absolute atomic E-state index is 0.00406. The van der Waals surface area contributed by atoms with Gasteiger partial charge >= 0.3 is 0 Å². The van der Waals surface area contributed by atoms with Crippen LogP contribution in [0.4, 0.5) is 0 Å². The molecule has 2 aromatic carbocycles. The van der Waals surface area contributed by atoms with E-state index in [9.17, 15) is 14.4 Å². The first kappa shape index (κ1) is 18.3. The number of carbonyl (C=O) groups is 3. The van der Waals surface area contributed by atoms with Crippen LogP contribution >= 0.6 is 0 Å². The van der Waals surface area contributed by atoms with E-state index in [0.717, 1.165) is 5.56 Å². The van der Waals surface area contributed by atoms with Crippen LogP contribution in [-0.2, 0) is 16.0 Å². The predicted octanol–water partition coefficient (Wildman–Crippen LogP) is 2.84. The van der Waals surface area contributed by atoms with E-state index < -0.39 is 23.5 Å². The van der Waals surface area contributed by atoms with Gasteiger partial charge in [-0.25, -0.2) is 4.98 Å². The average molecular weight is 362 g/mol. The molecule has 1 heterocycles. The first-order chi connectivity index (χ1) is 13.1. The highest BCUT2D eigenvalue weighted by atomic mass is 16.3. The summed E-state index contributed by atoms with van der Waals surface area (Å²) in [5.41, 5.74) is 1.92. The second-order valence-corrected chi connectivity index (χ2v) is 6.03. The van der Waals surface area contributed by atoms with Crippen molar-refractivity contribution in [1.82, 2.24) is 10.3 Å². The van der Waals surface area contributed by atoms with Crippen molar-refractivity contribution in [2.45, 2.75) is 19.4 Å². The normalized spacial score (nSPS) is 11.6. The Morgan fingerprint density at radius 1 is 1.00 bits per heavy atom. The quantitative estimate of drug-likeness (QED) is 0.653. The molecule has 0 spiro atoms. The predicted molar refractivity (Wildman–Crippen MR) is 99.0 cm³/mol. The zero-order valence-electron chi connectivity index (χ0n) is 14.7.